The summed E-state index contributed by atoms with van der Waals surface area (Å²) in [6, 6.07) is 7.95. The van der Waals surface area contributed by atoms with Gasteiger partial charge in [-0.1, -0.05) is 36.2 Å². The number of carbonyl (C=O) groups excluding carboxylic acids is 1. The van der Waals surface area contributed by atoms with Gasteiger partial charge in [-0.05, 0) is 43.2 Å². The standard InChI is InChI=1S/C23H22Cl2FNO4/c1-5-18-15(10-13-6-7-14(24)11-16(13)25)22(29-3)20-19(31-12(2)23(28)30-4)9-8-17(26)21(20)27-18/h6-9,11-12H,5,10H2,1-4H3. The Bertz CT molecular complexity index is 1140. The number of methoxy groups -OCH3 is 2. The Hall–Kier alpha value is -2.57. The Morgan fingerprint density at radius 1 is 1.19 bits per heavy atom. The predicted octanol–water partition coefficient (Wildman–Crippen LogP) is 5.78. The monoisotopic (exact) mass is 465 g/mol. The van der Waals surface area contributed by atoms with Gasteiger partial charge in [-0.15, -0.1) is 0 Å². The molecule has 164 valence electrons. The number of rotatable bonds is 7. The average molecular weight is 466 g/mol. The number of nitrogens with zero attached hydrogens (tertiary/aromatic N) is 1. The Morgan fingerprint density at radius 3 is 2.55 bits per heavy atom. The topological polar surface area (TPSA) is 57.7 Å². The van der Waals surface area contributed by atoms with Crippen LogP contribution in [0.2, 0.25) is 10.0 Å². The minimum absolute atomic E-state index is 0.106. The van der Waals surface area contributed by atoms with Crippen LogP contribution in [0.3, 0.4) is 0 Å². The van der Waals surface area contributed by atoms with Gasteiger partial charge in [0.1, 0.15) is 22.8 Å². The van der Waals surface area contributed by atoms with Crippen LogP contribution >= 0.6 is 23.2 Å². The molecule has 0 radical (unpaired) electrons. The molecule has 8 heteroatoms. The number of ether oxygens (including phenoxy) is 3. The maximum absolute atomic E-state index is 14.7. The first kappa shape index (κ1) is 23.1. The van der Waals surface area contributed by atoms with E-state index in [0.717, 1.165) is 11.1 Å². The lowest BCUT2D eigenvalue weighted by atomic mass is 9.98. The van der Waals surface area contributed by atoms with Gasteiger partial charge < -0.3 is 14.2 Å². The lowest BCUT2D eigenvalue weighted by Gasteiger charge is -2.20. The van der Waals surface area contributed by atoms with Gasteiger partial charge in [0.05, 0.1) is 19.6 Å². The van der Waals surface area contributed by atoms with Crippen molar-refractivity contribution in [2.24, 2.45) is 0 Å². The third-order valence-corrected chi connectivity index (χ3v) is 5.53. The molecule has 0 aliphatic carbocycles. The second-order valence-corrected chi connectivity index (χ2v) is 7.73. The Balaban J connectivity index is 2.24. The largest absolute Gasteiger partial charge is 0.496 e. The molecule has 1 atom stereocenters. The first-order chi connectivity index (χ1) is 14.8. The van der Waals surface area contributed by atoms with Gasteiger partial charge in [-0.3, -0.25) is 0 Å². The van der Waals surface area contributed by atoms with Crippen LogP contribution in [0.25, 0.3) is 10.9 Å². The molecule has 0 N–H and O–H groups in total. The van der Waals surface area contributed by atoms with Gasteiger partial charge >= 0.3 is 5.97 Å². The number of hydrogen-bond donors (Lipinski definition) is 0. The lowest BCUT2D eigenvalue weighted by Crippen LogP contribution is -2.25. The van der Waals surface area contributed by atoms with Crippen LogP contribution in [0.4, 0.5) is 4.39 Å². The fourth-order valence-electron chi connectivity index (χ4n) is 3.42. The molecule has 0 fully saturated rings. The van der Waals surface area contributed by atoms with Crippen LogP contribution in [0.1, 0.15) is 30.7 Å². The molecule has 0 aliphatic heterocycles. The second-order valence-electron chi connectivity index (χ2n) is 6.89. The first-order valence-corrected chi connectivity index (χ1v) is 10.4. The maximum atomic E-state index is 14.7. The first-order valence-electron chi connectivity index (χ1n) is 9.67. The molecule has 0 saturated heterocycles. The van der Waals surface area contributed by atoms with Crippen molar-refractivity contribution in [3.63, 3.8) is 0 Å². The zero-order valence-electron chi connectivity index (χ0n) is 17.6. The molecule has 1 heterocycles. The van der Waals surface area contributed by atoms with Gasteiger partial charge in [-0.2, -0.15) is 0 Å². The van der Waals surface area contributed by atoms with Gasteiger partial charge in [0.25, 0.3) is 0 Å². The smallest absolute Gasteiger partial charge is 0.346 e. The van der Waals surface area contributed by atoms with Crippen LogP contribution in [0, 0.1) is 5.82 Å². The summed E-state index contributed by atoms with van der Waals surface area (Å²) in [4.78, 5) is 16.4. The molecule has 1 unspecified atom stereocenters. The van der Waals surface area contributed by atoms with Crippen molar-refractivity contribution in [3.8, 4) is 11.5 Å². The van der Waals surface area contributed by atoms with E-state index in [1.165, 1.54) is 26.4 Å². The zero-order valence-corrected chi connectivity index (χ0v) is 19.1. The Morgan fingerprint density at radius 2 is 1.94 bits per heavy atom. The lowest BCUT2D eigenvalue weighted by molar-refractivity contribution is -0.147. The minimum Gasteiger partial charge on any atom is -0.496 e. The predicted molar refractivity (Wildman–Crippen MR) is 119 cm³/mol. The highest BCUT2D eigenvalue weighted by Crippen LogP contribution is 2.40. The molecule has 31 heavy (non-hydrogen) atoms. The number of aryl methyl sites for hydroxylation is 1. The van der Waals surface area contributed by atoms with Crippen molar-refractivity contribution in [1.82, 2.24) is 4.98 Å². The molecule has 1 aromatic heterocycles. The van der Waals surface area contributed by atoms with Crippen molar-refractivity contribution in [3.05, 3.63) is 63.0 Å². The van der Waals surface area contributed by atoms with E-state index in [1.54, 1.807) is 19.1 Å². The zero-order chi connectivity index (χ0) is 22.7. The van der Waals surface area contributed by atoms with Crippen LogP contribution in [0.5, 0.6) is 11.5 Å². The van der Waals surface area contributed by atoms with Gasteiger partial charge in [0.15, 0.2) is 6.10 Å². The molecule has 0 bridgehead atoms. The van der Waals surface area contributed by atoms with E-state index in [4.69, 9.17) is 37.4 Å². The molecule has 3 rings (SSSR count). The highest BCUT2D eigenvalue weighted by atomic mass is 35.5. The highest BCUT2D eigenvalue weighted by Gasteiger charge is 2.24. The summed E-state index contributed by atoms with van der Waals surface area (Å²) in [5.74, 6) is -0.385. The van der Waals surface area contributed by atoms with Gasteiger partial charge in [-0.25, -0.2) is 14.2 Å². The van der Waals surface area contributed by atoms with Crippen molar-refractivity contribution in [1.29, 1.82) is 0 Å². The minimum atomic E-state index is -0.900. The fraction of sp³-hybridized carbons (Fsp3) is 0.304. The number of benzene rings is 2. The number of aromatic nitrogens is 1. The summed E-state index contributed by atoms with van der Waals surface area (Å²) in [7, 11) is 2.77. The van der Waals surface area contributed by atoms with Crippen molar-refractivity contribution < 1.29 is 23.4 Å². The third-order valence-electron chi connectivity index (χ3n) is 4.94. The molecule has 5 nitrogen and oxygen atoms in total. The summed E-state index contributed by atoms with van der Waals surface area (Å²) in [5.41, 5.74) is 2.35. The van der Waals surface area contributed by atoms with E-state index in [1.807, 2.05) is 13.0 Å². The Kier molecular flexibility index (Phi) is 7.23. The van der Waals surface area contributed by atoms with E-state index >= 15 is 0 Å². The quantitative estimate of drug-likeness (QED) is 0.413. The van der Waals surface area contributed by atoms with E-state index < -0.39 is 17.9 Å². The van der Waals surface area contributed by atoms with E-state index in [2.05, 4.69) is 4.98 Å². The highest BCUT2D eigenvalue weighted by molar-refractivity contribution is 6.35. The van der Waals surface area contributed by atoms with E-state index in [9.17, 15) is 9.18 Å². The van der Waals surface area contributed by atoms with Crippen LogP contribution in [-0.2, 0) is 22.4 Å². The van der Waals surface area contributed by atoms with Crippen molar-refractivity contribution in [2.45, 2.75) is 32.8 Å². The van der Waals surface area contributed by atoms with Crippen LogP contribution in [-0.4, -0.2) is 31.3 Å². The van der Waals surface area contributed by atoms with Gasteiger partial charge in [0.2, 0.25) is 0 Å². The van der Waals surface area contributed by atoms with Gasteiger partial charge in [0, 0.05) is 27.7 Å². The molecule has 0 saturated carbocycles. The SMILES string of the molecule is CCc1nc2c(F)ccc(OC(C)C(=O)OC)c2c(OC)c1Cc1ccc(Cl)cc1Cl. The molecule has 3 aromatic rings. The molecule has 0 aliphatic rings. The van der Waals surface area contributed by atoms with Crippen LogP contribution < -0.4 is 9.47 Å². The average Bonchev–Trinajstić information content (AvgIpc) is 2.76. The molecule has 0 amide bonds. The summed E-state index contributed by atoms with van der Waals surface area (Å²) in [6.45, 7) is 3.48. The summed E-state index contributed by atoms with van der Waals surface area (Å²) in [6.07, 6.45) is 0.0485. The van der Waals surface area contributed by atoms with Crippen molar-refractivity contribution >= 4 is 40.1 Å². The molecular weight excluding hydrogens is 444 g/mol. The number of hydrogen-bond acceptors (Lipinski definition) is 5. The summed E-state index contributed by atoms with van der Waals surface area (Å²) < 4.78 is 31.0. The normalized spacial score (nSPS) is 12.0. The van der Waals surface area contributed by atoms with E-state index in [0.29, 0.717) is 39.7 Å². The number of pyridine rings is 1. The van der Waals surface area contributed by atoms with Crippen LogP contribution in [0.15, 0.2) is 30.3 Å². The second kappa shape index (κ2) is 9.71. The summed E-state index contributed by atoms with van der Waals surface area (Å²) >= 11 is 12.4. The molecular formula is C23H22Cl2FNO4. The third kappa shape index (κ3) is 4.70. The fourth-order valence-corrected chi connectivity index (χ4v) is 3.89. The van der Waals surface area contributed by atoms with E-state index in [-0.39, 0.29) is 11.3 Å². The number of esters is 1. The maximum Gasteiger partial charge on any atom is 0.346 e. The number of carbonyl (C=O) groups is 1. The number of fused-ring (bicyclic) bond motifs is 1. The summed E-state index contributed by atoms with van der Waals surface area (Å²) in [5, 5.41) is 1.38. The molecule has 2 aromatic carbocycles. The number of halogens is 3. The molecule has 0 spiro atoms. The van der Waals surface area contributed by atoms with Crippen molar-refractivity contribution in [2.75, 3.05) is 14.2 Å². The Labute approximate surface area is 190 Å².